The van der Waals surface area contributed by atoms with Gasteiger partial charge in [0.2, 0.25) is 0 Å². The molecule has 0 saturated heterocycles. The number of aliphatic hydroxyl groups is 1. The molecule has 1 unspecified atom stereocenters. The van der Waals surface area contributed by atoms with Crippen molar-refractivity contribution in [3.05, 3.63) is 17.8 Å². The van der Waals surface area contributed by atoms with Crippen molar-refractivity contribution in [3.8, 4) is 0 Å². The van der Waals surface area contributed by atoms with Crippen LogP contribution in [0.25, 0.3) is 0 Å². The molecule has 1 aromatic heterocycles. The summed E-state index contributed by atoms with van der Waals surface area (Å²) in [6.07, 6.45) is 2.97. The predicted octanol–water partition coefficient (Wildman–Crippen LogP) is 1.55. The van der Waals surface area contributed by atoms with Gasteiger partial charge in [-0.25, -0.2) is 4.98 Å². The highest BCUT2D eigenvalue weighted by Gasteiger charge is 2.04. The van der Waals surface area contributed by atoms with Gasteiger partial charge in [-0.05, 0) is 31.4 Å². The summed E-state index contributed by atoms with van der Waals surface area (Å²) < 4.78 is 0. The normalized spacial score (nSPS) is 12.5. The van der Waals surface area contributed by atoms with Crippen molar-refractivity contribution in [3.63, 3.8) is 0 Å². The number of anilines is 2. The van der Waals surface area contributed by atoms with E-state index in [1.807, 2.05) is 19.9 Å². The van der Waals surface area contributed by atoms with E-state index in [-0.39, 0.29) is 6.10 Å². The van der Waals surface area contributed by atoms with Crippen molar-refractivity contribution in [1.82, 2.24) is 4.98 Å². The average Bonchev–Trinajstić information content (AvgIpc) is 2.24. The van der Waals surface area contributed by atoms with E-state index in [4.69, 9.17) is 5.73 Å². The fourth-order valence-corrected chi connectivity index (χ4v) is 1.27. The molecule has 0 bridgehead atoms. The largest absolute Gasteiger partial charge is 0.396 e. The van der Waals surface area contributed by atoms with Crippen molar-refractivity contribution in [2.24, 2.45) is 0 Å². The molecule has 4 N–H and O–H groups in total. The minimum atomic E-state index is -0.247. The van der Waals surface area contributed by atoms with Gasteiger partial charge in [-0.3, -0.25) is 0 Å². The summed E-state index contributed by atoms with van der Waals surface area (Å²) in [6, 6.07) is 1.88. The molecule has 1 atom stereocenters. The Hall–Kier alpha value is -1.29. The molecule has 0 radical (unpaired) electrons. The van der Waals surface area contributed by atoms with Crippen LogP contribution in [0.5, 0.6) is 0 Å². The lowest BCUT2D eigenvalue weighted by atomic mass is 10.2. The molecular formula is C11H19N3O. The van der Waals surface area contributed by atoms with Crippen LogP contribution < -0.4 is 11.1 Å². The van der Waals surface area contributed by atoms with Gasteiger partial charge < -0.3 is 16.2 Å². The Morgan fingerprint density at radius 2 is 2.33 bits per heavy atom. The van der Waals surface area contributed by atoms with Gasteiger partial charge in [0.25, 0.3) is 0 Å². The predicted molar refractivity (Wildman–Crippen MR) is 62.8 cm³/mol. The molecule has 0 saturated carbocycles. The lowest BCUT2D eigenvalue weighted by molar-refractivity contribution is 0.164. The maximum atomic E-state index is 9.37. The molecule has 4 nitrogen and oxygen atoms in total. The van der Waals surface area contributed by atoms with E-state index in [1.165, 1.54) is 0 Å². The molecule has 1 aromatic rings. The standard InChI is InChI=1S/C11H19N3O/c1-3-9(15)5-7-14-11-10(12)8(2)4-6-13-11/h4,6,9,15H,3,5,7,12H2,1-2H3,(H,13,14). The number of nitrogen functional groups attached to an aromatic ring is 1. The zero-order valence-corrected chi connectivity index (χ0v) is 9.33. The van der Waals surface area contributed by atoms with Crippen LogP contribution in [-0.2, 0) is 0 Å². The van der Waals surface area contributed by atoms with E-state index in [0.717, 1.165) is 12.0 Å². The first-order chi connectivity index (χ1) is 7.15. The van der Waals surface area contributed by atoms with Crippen molar-refractivity contribution >= 4 is 11.5 Å². The van der Waals surface area contributed by atoms with Gasteiger partial charge in [0.05, 0.1) is 11.8 Å². The fraction of sp³-hybridized carbons (Fsp3) is 0.545. The summed E-state index contributed by atoms with van der Waals surface area (Å²) in [5.41, 5.74) is 7.55. The summed E-state index contributed by atoms with van der Waals surface area (Å²) in [4.78, 5) is 4.14. The molecule has 84 valence electrons. The van der Waals surface area contributed by atoms with Gasteiger partial charge in [-0.1, -0.05) is 6.92 Å². The van der Waals surface area contributed by atoms with Crippen LogP contribution in [0.1, 0.15) is 25.3 Å². The van der Waals surface area contributed by atoms with Crippen LogP contribution in [0.15, 0.2) is 12.3 Å². The monoisotopic (exact) mass is 209 g/mol. The molecule has 0 aliphatic carbocycles. The number of hydrogen-bond acceptors (Lipinski definition) is 4. The Morgan fingerprint density at radius 1 is 1.60 bits per heavy atom. The fourth-order valence-electron chi connectivity index (χ4n) is 1.27. The molecule has 1 rings (SSSR count). The van der Waals surface area contributed by atoms with Crippen molar-refractivity contribution in [2.75, 3.05) is 17.6 Å². The third kappa shape index (κ3) is 3.40. The molecule has 0 spiro atoms. The molecule has 4 heteroatoms. The van der Waals surface area contributed by atoms with E-state index in [0.29, 0.717) is 24.5 Å². The molecular weight excluding hydrogens is 190 g/mol. The van der Waals surface area contributed by atoms with Crippen LogP contribution in [0, 0.1) is 6.92 Å². The second kappa shape index (κ2) is 5.56. The second-order valence-corrected chi connectivity index (χ2v) is 3.67. The Balaban J connectivity index is 2.47. The van der Waals surface area contributed by atoms with Gasteiger partial charge in [-0.15, -0.1) is 0 Å². The zero-order chi connectivity index (χ0) is 11.3. The SMILES string of the molecule is CCC(O)CCNc1nccc(C)c1N. The molecule has 0 aliphatic heterocycles. The second-order valence-electron chi connectivity index (χ2n) is 3.67. The molecule has 0 aliphatic rings. The highest BCUT2D eigenvalue weighted by molar-refractivity contribution is 5.64. The van der Waals surface area contributed by atoms with Crippen molar-refractivity contribution < 1.29 is 5.11 Å². The number of hydrogen-bond donors (Lipinski definition) is 3. The number of nitrogens with two attached hydrogens (primary N) is 1. The Labute approximate surface area is 90.5 Å². The Morgan fingerprint density at radius 3 is 3.00 bits per heavy atom. The van der Waals surface area contributed by atoms with Crippen LogP contribution in [0.3, 0.4) is 0 Å². The quantitative estimate of drug-likeness (QED) is 0.688. The van der Waals surface area contributed by atoms with E-state index < -0.39 is 0 Å². The Kier molecular flexibility index (Phi) is 4.37. The first kappa shape index (κ1) is 11.8. The number of nitrogens with zero attached hydrogens (tertiary/aromatic N) is 1. The molecule has 0 aromatic carbocycles. The number of pyridine rings is 1. The van der Waals surface area contributed by atoms with Gasteiger partial charge in [-0.2, -0.15) is 0 Å². The van der Waals surface area contributed by atoms with Gasteiger partial charge in [0.15, 0.2) is 0 Å². The maximum absolute atomic E-state index is 9.37. The molecule has 0 amide bonds. The average molecular weight is 209 g/mol. The molecule has 0 fully saturated rings. The van der Waals surface area contributed by atoms with E-state index in [9.17, 15) is 5.11 Å². The number of nitrogens with one attached hydrogen (secondary N) is 1. The summed E-state index contributed by atoms with van der Waals surface area (Å²) in [5, 5.41) is 12.5. The number of rotatable bonds is 5. The van der Waals surface area contributed by atoms with Crippen molar-refractivity contribution in [1.29, 1.82) is 0 Å². The number of aromatic nitrogens is 1. The van der Waals surface area contributed by atoms with E-state index >= 15 is 0 Å². The minimum Gasteiger partial charge on any atom is -0.396 e. The van der Waals surface area contributed by atoms with Gasteiger partial charge >= 0.3 is 0 Å². The third-order valence-electron chi connectivity index (χ3n) is 2.45. The third-order valence-corrected chi connectivity index (χ3v) is 2.45. The first-order valence-electron chi connectivity index (χ1n) is 5.28. The smallest absolute Gasteiger partial charge is 0.149 e. The van der Waals surface area contributed by atoms with E-state index in [2.05, 4.69) is 10.3 Å². The summed E-state index contributed by atoms with van der Waals surface area (Å²) in [7, 11) is 0. The zero-order valence-electron chi connectivity index (χ0n) is 9.33. The first-order valence-corrected chi connectivity index (χ1v) is 5.28. The van der Waals surface area contributed by atoms with E-state index in [1.54, 1.807) is 6.20 Å². The molecule has 1 heterocycles. The Bertz CT molecular complexity index is 315. The lowest BCUT2D eigenvalue weighted by Crippen LogP contribution is -2.14. The summed E-state index contributed by atoms with van der Waals surface area (Å²) in [6.45, 7) is 4.60. The van der Waals surface area contributed by atoms with Gasteiger partial charge in [0, 0.05) is 12.7 Å². The van der Waals surface area contributed by atoms with Crippen molar-refractivity contribution in [2.45, 2.75) is 32.8 Å². The van der Waals surface area contributed by atoms with Gasteiger partial charge in [0.1, 0.15) is 5.82 Å². The number of aryl methyl sites for hydroxylation is 1. The van der Waals surface area contributed by atoms with Crippen LogP contribution >= 0.6 is 0 Å². The van der Waals surface area contributed by atoms with Crippen LogP contribution in [0.2, 0.25) is 0 Å². The maximum Gasteiger partial charge on any atom is 0.149 e. The topological polar surface area (TPSA) is 71.2 Å². The highest BCUT2D eigenvalue weighted by Crippen LogP contribution is 2.18. The van der Waals surface area contributed by atoms with Crippen LogP contribution in [-0.4, -0.2) is 22.7 Å². The minimum absolute atomic E-state index is 0.247. The van der Waals surface area contributed by atoms with Crippen LogP contribution in [0.4, 0.5) is 11.5 Å². The lowest BCUT2D eigenvalue weighted by Gasteiger charge is -2.11. The summed E-state index contributed by atoms with van der Waals surface area (Å²) >= 11 is 0. The number of aliphatic hydroxyl groups excluding tert-OH is 1. The molecule has 15 heavy (non-hydrogen) atoms. The highest BCUT2D eigenvalue weighted by atomic mass is 16.3. The summed E-state index contributed by atoms with van der Waals surface area (Å²) in [5.74, 6) is 0.707.